The van der Waals surface area contributed by atoms with Gasteiger partial charge in [0.05, 0.1) is 0 Å². The zero-order valence-electron chi connectivity index (χ0n) is 15.6. The van der Waals surface area contributed by atoms with Gasteiger partial charge in [0.15, 0.2) is 0 Å². The summed E-state index contributed by atoms with van der Waals surface area (Å²) in [6.45, 7) is 2.67. The molecule has 134 valence electrons. The van der Waals surface area contributed by atoms with Crippen LogP contribution in [0, 0.1) is 0 Å². The Morgan fingerprint density at radius 2 is 1.77 bits per heavy atom. The SMILES string of the molecule is CCO[C@@H]1C[C@H](c2ccc(N(C)C)cc2)c2c(ccc3ccccc23)O1. The van der Waals surface area contributed by atoms with Crippen LogP contribution in [0.2, 0.25) is 0 Å². The Hall–Kier alpha value is -2.52. The van der Waals surface area contributed by atoms with Gasteiger partial charge in [-0.05, 0) is 41.5 Å². The molecule has 0 radical (unpaired) electrons. The molecule has 1 aliphatic heterocycles. The van der Waals surface area contributed by atoms with Crippen LogP contribution in [0.4, 0.5) is 5.69 Å². The normalized spacial score (nSPS) is 19.0. The first-order chi connectivity index (χ1) is 12.7. The molecule has 2 atom stereocenters. The molecule has 0 N–H and O–H groups in total. The second-order valence-electron chi connectivity index (χ2n) is 6.98. The van der Waals surface area contributed by atoms with Crippen LogP contribution in [0.5, 0.6) is 5.75 Å². The monoisotopic (exact) mass is 347 g/mol. The fourth-order valence-corrected chi connectivity index (χ4v) is 3.83. The van der Waals surface area contributed by atoms with Gasteiger partial charge in [-0.3, -0.25) is 0 Å². The van der Waals surface area contributed by atoms with Crippen molar-refractivity contribution >= 4 is 16.5 Å². The van der Waals surface area contributed by atoms with Crippen molar-refractivity contribution in [3.63, 3.8) is 0 Å². The minimum atomic E-state index is -0.202. The fraction of sp³-hybridized carbons (Fsp3) is 0.304. The van der Waals surface area contributed by atoms with E-state index in [4.69, 9.17) is 9.47 Å². The summed E-state index contributed by atoms with van der Waals surface area (Å²) >= 11 is 0. The molecule has 0 aliphatic carbocycles. The molecule has 0 bridgehead atoms. The average molecular weight is 347 g/mol. The summed E-state index contributed by atoms with van der Waals surface area (Å²) in [5.74, 6) is 1.20. The molecule has 3 aromatic rings. The van der Waals surface area contributed by atoms with Crippen LogP contribution in [0.3, 0.4) is 0 Å². The van der Waals surface area contributed by atoms with E-state index in [0.29, 0.717) is 6.61 Å². The second-order valence-corrected chi connectivity index (χ2v) is 6.98. The van der Waals surface area contributed by atoms with E-state index in [1.807, 2.05) is 6.92 Å². The number of rotatable bonds is 4. The summed E-state index contributed by atoms with van der Waals surface area (Å²) in [5, 5.41) is 2.52. The smallest absolute Gasteiger partial charge is 0.200 e. The molecular formula is C23H25NO2. The van der Waals surface area contributed by atoms with Crippen molar-refractivity contribution < 1.29 is 9.47 Å². The highest BCUT2D eigenvalue weighted by molar-refractivity contribution is 5.89. The maximum absolute atomic E-state index is 6.16. The molecule has 3 aromatic carbocycles. The van der Waals surface area contributed by atoms with Crippen molar-refractivity contribution in [1.29, 1.82) is 0 Å². The lowest BCUT2D eigenvalue weighted by molar-refractivity contribution is -0.0891. The van der Waals surface area contributed by atoms with Crippen LogP contribution in [-0.4, -0.2) is 27.0 Å². The second kappa shape index (κ2) is 7.00. The van der Waals surface area contributed by atoms with Crippen molar-refractivity contribution in [2.45, 2.75) is 25.6 Å². The average Bonchev–Trinajstić information content (AvgIpc) is 2.67. The summed E-state index contributed by atoms with van der Waals surface area (Å²) < 4.78 is 12.0. The third kappa shape index (κ3) is 3.04. The Labute approximate surface area is 155 Å². The van der Waals surface area contributed by atoms with E-state index in [1.54, 1.807) is 0 Å². The summed E-state index contributed by atoms with van der Waals surface area (Å²) in [4.78, 5) is 2.13. The van der Waals surface area contributed by atoms with Gasteiger partial charge in [-0.25, -0.2) is 0 Å². The molecular weight excluding hydrogens is 322 g/mol. The minimum Gasteiger partial charge on any atom is -0.465 e. The van der Waals surface area contributed by atoms with Gasteiger partial charge in [-0.1, -0.05) is 42.5 Å². The molecule has 0 unspecified atom stereocenters. The molecule has 0 saturated heterocycles. The number of fused-ring (bicyclic) bond motifs is 3. The van der Waals surface area contributed by atoms with Gasteiger partial charge in [-0.15, -0.1) is 0 Å². The molecule has 1 aliphatic rings. The van der Waals surface area contributed by atoms with Crippen LogP contribution in [0.25, 0.3) is 10.8 Å². The van der Waals surface area contributed by atoms with E-state index >= 15 is 0 Å². The maximum Gasteiger partial charge on any atom is 0.200 e. The third-order valence-electron chi connectivity index (χ3n) is 5.13. The number of ether oxygens (including phenoxy) is 2. The van der Waals surface area contributed by atoms with Gasteiger partial charge in [-0.2, -0.15) is 0 Å². The van der Waals surface area contributed by atoms with Gasteiger partial charge < -0.3 is 14.4 Å². The fourth-order valence-electron chi connectivity index (χ4n) is 3.83. The summed E-state index contributed by atoms with van der Waals surface area (Å²) in [6.07, 6.45) is 0.628. The van der Waals surface area contributed by atoms with Gasteiger partial charge >= 0.3 is 0 Å². The lowest BCUT2D eigenvalue weighted by Crippen LogP contribution is -2.29. The molecule has 0 fully saturated rings. The Kier molecular flexibility index (Phi) is 4.56. The molecule has 0 aromatic heterocycles. The molecule has 3 heteroatoms. The van der Waals surface area contributed by atoms with Gasteiger partial charge in [0, 0.05) is 44.3 Å². The topological polar surface area (TPSA) is 21.7 Å². The van der Waals surface area contributed by atoms with E-state index in [0.717, 1.165) is 12.2 Å². The van der Waals surface area contributed by atoms with Crippen LogP contribution >= 0.6 is 0 Å². The predicted octanol–water partition coefficient (Wildman–Crippen LogP) is 5.18. The molecule has 26 heavy (non-hydrogen) atoms. The third-order valence-corrected chi connectivity index (χ3v) is 5.13. The molecule has 0 spiro atoms. The van der Waals surface area contributed by atoms with E-state index in [2.05, 4.69) is 79.7 Å². The molecule has 4 rings (SSSR count). The van der Waals surface area contributed by atoms with Crippen molar-refractivity contribution in [1.82, 2.24) is 0 Å². The highest BCUT2D eigenvalue weighted by Gasteiger charge is 2.31. The van der Waals surface area contributed by atoms with Crippen molar-refractivity contribution in [3.8, 4) is 5.75 Å². The number of hydrogen-bond donors (Lipinski definition) is 0. The first-order valence-electron chi connectivity index (χ1n) is 9.24. The van der Waals surface area contributed by atoms with E-state index in [-0.39, 0.29) is 12.2 Å². The van der Waals surface area contributed by atoms with Crippen molar-refractivity contribution in [3.05, 3.63) is 71.8 Å². The Morgan fingerprint density at radius 1 is 1.00 bits per heavy atom. The number of hydrogen-bond acceptors (Lipinski definition) is 3. The van der Waals surface area contributed by atoms with Crippen molar-refractivity contribution in [2.24, 2.45) is 0 Å². The maximum atomic E-state index is 6.16. The molecule has 1 heterocycles. The zero-order valence-corrected chi connectivity index (χ0v) is 15.6. The van der Waals surface area contributed by atoms with E-state index in [9.17, 15) is 0 Å². The highest BCUT2D eigenvalue weighted by atomic mass is 16.7. The quantitative estimate of drug-likeness (QED) is 0.649. The Bertz CT molecular complexity index is 902. The standard InChI is InChI=1S/C23H25NO2/c1-4-25-22-15-20(17-9-12-18(13-10-17)24(2)3)23-19-8-6-5-7-16(19)11-14-21(23)26-22/h5-14,20,22H,4,15H2,1-3H3/t20-,22+/m1/s1. The Balaban J connectivity index is 1.84. The molecule has 3 nitrogen and oxygen atoms in total. The summed E-state index contributed by atoms with van der Waals surface area (Å²) in [5.41, 5.74) is 3.79. The Morgan fingerprint density at radius 3 is 2.50 bits per heavy atom. The predicted molar refractivity (Wildman–Crippen MR) is 107 cm³/mol. The lowest BCUT2D eigenvalue weighted by atomic mass is 9.83. The number of anilines is 1. The van der Waals surface area contributed by atoms with Gasteiger partial charge in [0.1, 0.15) is 5.75 Å². The zero-order chi connectivity index (χ0) is 18.1. The first-order valence-corrected chi connectivity index (χ1v) is 9.24. The van der Waals surface area contributed by atoms with Crippen LogP contribution in [0.15, 0.2) is 60.7 Å². The van der Waals surface area contributed by atoms with Crippen LogP contribution < -0.4 is 9.64 Å². The van der Waals surface area contributed by atoms with E-state index in [1.165, 1.54) is 27.6 Å². The molecule has 0 saturated carbocycles. The van der Waals surface area contributed by atoms with Crippen molar-refractivity contribution in [2.75, 3.05) is 25.6 Å². The van der Waals surface area contributed by atoms with Crippen LogP contribution in [-0.2, 0) is 4.74 Å². The number of nitrogens with zero attached hydrogens (tertiary/aromatic N) is 1. The highest BCUT2D eigenvalue weighted by Crippen LogP contribution is 2.44. The molecule has 0 amide bonds. The van der Waals surface area contributed by atoms with Crippen LogP contribution in [0.1, 0.15) is 30.4 Å². The van der Waals surface area contributed by atoms with E-state index < -0.39 is 0 Å². The number of benzene rings is 3. The minimum absolute atomic E-state index is 0.202. The first kappa shape index (κ1) is 16.9. The summed E-state index contributed by atoms with van der Waals surface area (Å²) in [6, 6.07) is 21.6. The largest absolute Gasteiger partial charge is 0.465 e. The van der Waals surface area contributed by atoms with Gasteiger partial charge in [0.25, 0.3) is 0 Å². The lowest BCUT2D eigenvalue weighted by Gasteiger charge is -2.33. The summed E-state index contributed by atoms with van der Waals surface area (Å²) in [7, 11) is 4.13. The van der Waals surface area contributed by atoms with Gasteiger partial charge in [0.2, 0.25) is 6.29 Å².